The van der Waals surface area contributed by atoms with Crippen LogP contribution in [0, 0.1) is 0 Å². The van der Waals surface area contributed by atoms with Gasteiger partial charge in [0.1, 0.15) is 4.90 Å². The number of para-hydroxylation sites is 1. The second-order valence-electron chi connectivity index (χ2n) is 3.09. The van der Waals surface area contributed by atoms with E-state index in [1.54, 1.807) is 6.07 Å². The summed E-state index contributed by atoms with van der Waals surface area (Å²) in [4.78, 5) is -0.0178. The first-order chi connectivity index (χ1) is 7.38. The maximum atomic E-state index is 11.0. The fourth-order valence-electron chi connectivity index (χ4n) is 1.25. The summed E-state index contributed by atoms with van der Waals surface area (Å²) in [6, 6.07) is 4.16. The van der Waals surface area contributed by atoms with Gasteiger partial charge in [-0.25, -0.2) is 0 Å². The number of aliphatic hydroxyl groups is 1. The van der Waals surface area contributed by atoms with Gasteiger partial charge in [-0.2, -0.15) is 8.42 Å². The molecule has 0 spiro atoms. The van der Waals surface area contributed by atoms with Crippen molar-refractivity contribution in [3.8, 4) is 0 Å². The van der Waals surface area contributed by atoms with Crippen molar-refractivity contribution in [1.82, 2.24) is 0 Å². The van der Waals surface area contributed by atoms with Crippen LogP contribution in [0.5, 0.6) is 0 Å². The minimum atomic E-state index is -4.35. The van der Waals surface area contributed by atoms with E-state index in [0.717, 1.165) is 0 Å². The van der Waals surface area contributed by atoms with Crippen molar-refractivity contribution < 1.29 is 18.1 Å². The van der Waals surface area contributed by atoms with Crippen LogP contribution in [-0.2, 0) is 10.1 Å². The Morgan fingerprint density at radius 2 is 2.06 bits per heavy atom. The van der Waals surface area contributed by atoms with E-state index in [-0.39, 0.29) is 23.6 Å². The van der Waals surface area contributed by atoms with E-state index in [9.17, 15) is 8.42 Å². The molecule has 0 aliphatic heterocycles. The highest BCUT2D eigenvalue weighted by Crippen LogP contribution is 2.23. The van der Waals surface area contributed by atoms with Gasteiger partial charge >= 0.3 is 0 Å². The van der Waals surface area contributed by atoms with E-state index in [0.29, 0.717) is 10.4 Å². The third-order valence-electron chi connectivity index (χ3n) is 1.98. The molecule has 0 amide bonds. The number of rotatable bonds is 4. The Kier molecular flexibility index (Phi) is 3.98. The lowest BCUT2D eigenvalue weighted by molar-refractivity contribution is 0.308. The molecule has 4 N–H and O–H groups in total. The highest BCUT2D eigenvalue weighted by atomic mass is 32.2. The molecular weight excluding hydrogens is 250 g/mol. The minimum absolute atomic E-state index is 0.0940. The van der Waals surface area contributed by atoms with Crippen molar-refractivity contribution in [2.75, 3.05) is 12.3 Å². The Morgan fingerprint density at radius 1 is 1.44 bits per heavy atom. The van der Waals surface area contributed by atoms with Crippen molar-refractivity contribution >= 4 is 32.9 Å². The van der Waals surface area contributed by atoms with Gasteiger partial charge in [0.2, 0.25) is 0 Å². The lowest BCUT2D eigenvalue weighted by Crippen LogP contribution is -2.09. The number of thiocarbonyl (C=S) groups is 1. The molecule has 16 heavy (non-hydrogen) atoms. The predicted molar refractivity (Wildman–Crippen MR) is 64.1 cm³/mol. The average Bonchev–Trinajstić information content (AvgIpc) is 2.16. The van der Waals surface area contributed by atoms with E-state index in [1.807, 2.05) is 0 Å². The maximum absolute atomic E-state index is 11.0. The van der Waals surface area contributed by atoms with Crippen molar-refractivity contribution in [3.63, 3.8) is 0 Å². The first-order valence-corrected chi connectivity index (χ1v) is 6.22. The molecule has 0 fully saturated rings. The summed E-state index contributed by atoms with van der Waals surface area (Å²) in [5.41, 5.74) is 5.84. The lowest BCUT2D eigenvalue weighted by Gasteiger charge is -2.09. The first kappa shape index (κ1) is 13.0. The van der Waals surface area contributed by atoms with E-state index in [2.05, 4.69) is 0 Å². The zero-order valence-corrected chi connectivity index (χ0v) is 9.88. The SMILES string of the molecule is Nc1c(C(=S)CCO)cccc1S(=O)(=O)O. The lowest BCUT2D eigenvalue weighted by atomic mass is 10.1. The molecule has 0 atom stereocenters. The summed E-state index contributed by atoms with van der Waals surface area (Å²) in [7, 11) is -4.35. The van der Waals surface area contributed by atoms with Crippen molar-refractivity contribution in [2.45, 2.75) is 11.3 Å². The van der Waals surface area contributed by atoms with E-state index in [4.69, 9.17) is 27.6 Å². The second kappa shape index (κ2) is 4.88. The Morgan fingerprint density at radius 3 is 2.56 bits per heavy atom. The van der Waals surface area contributed by atoms with E-state index < -0.39 is 10.1 Å². The highest BCUT2D eigenvalue weighted by Gasteiger charge is 2.17. The van der Waals surface area contributed by atoms with Gasteiger partial charge in [-0.3, -0.25) is 4.55 Å². The summed E-state index contributed by atoms with van der Waals surface area (Å²) in [5.74, 6) is 0. The molecule has 0 radical (unpaired) electrons. The standard InChI is InChI=1S/C9H11NO4S2/c10-9-6(7(15)4-5-11)2-1-3-8(9)16(12,13)14/h1-3,11H,4-5,10H2,(H,12,13,14). The van der Waals surface area contributed by atoms with Crippen LogP contribution in [0.25, 0.3) is 0 Å². The quantitative estimate of drug-likeness (QED) is 0.318. The molecule has 0 aliphatic carbocycles. The summed E-state index contributed by atoms with van der Waals surface area (Å²) < 4.78 is 30.8. The molecule has 88 valence electrons. The summed E-state index contributed by atoms with van der Waals surface area (Å²) in [5, 5.41) is 8.72. The Hall–Kier alpha value is -1.02. The Bertz CT molecular complexity index is 510. The molecule has 5 nitrogen and oxygen atoms in total. The van der Waals surface area contributed by atoms with Crippen molar-refractivity contribution in [1.29, 1.82) is 0 Å². The molecule has 1 rings (SSSR count). The maximum Gasteiger partial charge on any atom is 0.296 e. The molecule has 0 heterocycles. The number of aliphatic hydroxyl groups excluding tert-OH is 1. The number of benzene rings is 1. The normalized spacial score (nSPS) is 11.4. The summed E-state index contributed by atoms with van der Waals surface area (Å²) in [6.45, 7) is -0.144. The zero-order valence-electron chi connectivity index (χ0n) is 8.25. The topological polar surface area (TPSA) is 101 Å². The van der Waals surface area contributed by atoms with Gasteiger partial charge in [-0.05, 0) is 6.07 Å². The molecule has 1 aromatic carbocycles. The average molecular weight is 261 g/mol. The van der Waals surface area contributed by atoms with Crippen LogP contribution >= 0.6 is 12.2 Å². The van der Waals surface area contributed by atoms with Gasteiger partial charge in [0, 0.05) is 23.5 Å². The molecule has 0 unspecified atom stereocenters. The monoisotopic (exact) mass is 261 g/mol. The fourth-order valence-corrected chi connectivity index (χ4v) is 2.16. The van der Waals surface area contributed by atoms with Crippen LogP contribution in [0.3, 0.4) is 0 Å². The van der Waals surface area contributed by atoms with Crippen LogP contribution in [-0.4, -0.2) is 29.5 Å². The van der Waals surface area contributed by atoms with Gasteiger partial charge < -0.3 is 10.8 Å². The van der Waals surface area contributed by atoms with Gasteiger partial charge in [0.15, 0.2) is 0 Å². The van der Waals surface area contributed by atoms with Crippen LogP contribution in [0.4, 0.5) is 5.69 Å². The largest absolute Gasteiger partial charge is 0.397 e. The van der Waals surface area contributed by atoms with Crippen LogP contribution in [0.2, 0.25) is 0 Å². The Balaban J connectivity index is 3.30. The summed E-state index contributed by atoms with van der Waals surface area (Å²) in [6.07, 6.45) is 0.217. The highest BCUT2D eigenvalue weighted by molar-refractivity contribution is 7.86. The van der Waals surface area contributed by atoms with Crippen LogP contribution in [0.15, 0.2) is 23.1 Å². The number of anilines is 1. The molecule has 1 aromatic rings. The van der Waals surface area contributed by atoms with Gasteiger partial charge in [0.25, 0.3) is 10.1 Å². The third kappa shape index (κ3) is 2.76. The fraction of sp³-hybridized carbons (Fsp3) is 0.222. The molecule has 0 saturated heterocycles. The Labute approximate surface area is 98.6 Å². The van der Waals surface area contributed by atoms with Crippen molar-refractivity contribution in [3.05, 3.63) is 23.8 Å². The minimum Gasteiger partial charge on any atom is -0.397 e. The van der Waals surface area contributed by atoms with Crippen LogP contribution in [0.1, 0.15) is 12.0 Å². The first-order valence-electron chi connectivity index (χ1n) is 4.38. The number of nitrogen functional groups attached to an aromatic ring is 1. The molecule has 0 bridgehead atoms. The molecule has 7 heteroatoms. The van der Waals surface area contributed by atoms with Gasteiger partial charge in [-0.1, -0.05) is 24.4 Å². The third-order valence-corrected chi connectivity index (χ3v) is 3.32. The molecule has 0 aliphatic rings. The van der Waals surface area contributed by atoms with Crippen LogP contribution < -0.4 is 5.73 Å². The van der Waals surface area contributed by atoms with Crippen molar-refractivity contribution in [2.24, 2.45) is 0 Å². The van der Waals surface area contributed by atoms with E-state index >= 15 is 0 Å². The summed E-state index contributed by atoms with van der Waals surface area (Å²) >= 11 is 4.97. The molecular formula is C9H11NO4S2. The second-order valence-corrected chi connectivity index (χ2v) is 4.97. The number of hydrogen-bond acceptors (Lipinski definition) is 5. The molecule has 0 saturated carbocycles. The van der Waals surface area contributed by atoms with Gasteiger partial charge in [0.05, 0.1) is 5.69 Å². The molecule has 0 aromatic heterocycles. The number of hydrogen-bond donors (Lipinski definition) is 3. The van der Waals surface area contributed by atoms with Gasteiger partial charge in [-0.15, -0.1) is 0 Å². The van der Waals surface area contributed by atoms with E-state index in [1.165, 1.54) is 12.1 Å². The predicted octanol–water partition coefficient (Wildman–Crippen LogP) is 0.616. The zero-order chi connectivity index (χ0) is 12.3. The smallest absolute Gasteiger partial charge is 0.296 e. The number of nitrogens with two attached hydrogens (primary N) is 1.